The van der Waals surface area contributed by atoms with Crippen LogP contribution in [0.5, 0.6) is 0 Å². The van der Waals surface area contributed by atoms with E-state index in [1.807, 2.05) is 69.3 Å². The van der Waals surface area contributed by atoms with Crippen LogP contribution in [0, 0.1) is 24.0 Å². The van der Waals surface area contributed by atoms with Crippen molar-refractivity contribution in [2.45, 2.75) is 37.6 Å². The molecule has 0 bridgehead atoms. The van der Waals surface area contributed by atoms with Gasteiger partial charge in [0.05, 0.1) is 10.2 Å². The van der Waals surface area contributed by atoms with Crippen molar-refractivity contribution in [3.8, 4) is 0 Å². The number of amides is 1. The molecule has 1 aromatic heterocycles. The summed E-state index contributed by atoms with van der Waals surface area (Å²) < 4.78 is 0. The summed E-state index contributed by atoms with van der Waals surface area (Å²) in [6, 6.07) is 21.5. The molecule has 10 nitrogen and oxygen atoms in total. The maximum absolute atomic E-state index is 13.0. The van der Waals surface area contributed by atoms with Crippen LogP contribution in [0.2, 0.25) is 0 Å². The molecule has 0 fully saturated rings. The van der Waals surface area contributed by atoms with Gasteiger partial charge in [0, 0.05) is 29.2 Å². The number of hydrogen-bond acceptors (Lipinski definition) is 9. The first kappa shape index (κ1) is 26.6. The molecule has 1 unspecified atom stereocenters. The highest BCUT2D eigenvalue weighted by Crippen LogP contribution is 2.27. The third-order valence-corrected chi connectivity index (χ3v) is 6.69. The second-order valence-electron chi connectivity index (χ2n) is 8.56. The van der Waals surface area contributed by atoms with Crippen molar-refractivity contribution in [3.63, 3.8) is 0 Å². The Morgan fingerprint density at radius 2 is 1.42 bits per heavy atom. The van der Waals surface area contributed by atoms with E-state index in [0.29, 0.717) is 29.2 Å². The second kappa shape index (κ2) is 12.2. The number of carbonyl (C=O) groups is 1. The fourth-order valence-electron chi connectivity index (χ4n) is 3.42. The number of aryl methyl sites for hydroxylation is 2. The Kier molecular flexibility index (Phi) is 8.49. The molecular formula is C27H27N7O3S. The highest BCUT2D eigenvalue weighted by atomic mass is 32.2. The number of hydrogen-bond donors (Lipinski definition) is 3. The molecule has 0 aliphatic carbocycles. The van der Waals surface area contributed by atoms with E-state index in [0.717, 1.165) is 22.5 Å². The Hall–Kier alpha value is -4.51. The molecule has 4 aromatic rings. The number of nitrogens with zero attached hydrogens (tertiary/aromatic N) is 4. The van der Waals surface area contributed by atoms with Crippen LogP contribution in [0.3, 0.4) is 0 Å². The number of rotatable bonds is 10. The quantitative estimate of drug-likeness (QED) is 0.121. The lowest BCUT2D eigenvalue weighted by Gasteiger charge is -2.15. The lowest BCUT2D eigenvalue weighted by molar-refractivity contribution is -0.384. The van der Waals surface area contributed by atoms with Gasteiger partial charge in [-0.1, -0.05) is 60.1 Å². The van der Waals surface area contributed by atoms with Crippen LogP contribution in [0.15, 0.2) is 78.0 Å². The monoisotopic (exact) mass is 529 g/mol. The fraction of sp³-hybridized carbons (Fsp3) is 0.185. The normalized spacial score (nSPS) is 11.4. The van der Waals surface area contributed by atoms with E-state index < -0.39 is 10.2 Å². The van der Waals surface area contributed by atoms with Crippen LogP contribution in [0.4, 0.5) is 34.6 Å². The zero-order chi connectivity index (χ0) is 27.1. The summed E-state index contributed by atoms with van der Waals surface area (Å²) in [7, 11) is 0. The summed E-state index contributed by atoms with van der Waals surface area (Å²) in [5, 5.41) is 20.1. The van der Waals surface area contributed by atoms with Crippen molar-refractivity contribution in [3.05, 3.63) is 94.0 Å². The minimum atomic E-state index is -0.545. The molecule has 4 rings (SSSR count). The number of nitro benzene ring substituents is 1. The third kappa shape index (κ3) is 7.26. The number of thioether (sulfide) groups is 1. The maximum Gasteiger partial charge on any atom is 0.271 e. The Balaban J connectivity index is 1.57. The molecule has 38 heavy (non-hydrogen) atoms. The van der Waals surface area contributed by atoms with Gasteiger partial charge in [0.15, 0.2) is 5.16 Å². The number of carbonyl (C=O) groups excluding carboxylic acids is 1. The van der Waals surface area contributed by atoms with Crippen LogP contribution >= 0.6 is 11.8 Å². The Morgan fingerprint density at radius 3 is 1.92 bits per heavy atom. The summed E-state index contributed by atoms with van der Waals surface area (Å²) in [6.45, 7) is 5.89. The van der Waals surface area contributed by atoms with Crippen molar-refractivity contribution in [2.75, 3.05) is 16.0 Å². The highest BCUT2D eigenvalue weighted by molar-refractivity contribution is 8.00. The number of non-ortho nitro benzene ring substituents is 1. The van der Waals surface area contributed by atoms with E-state index in [1.165, 1.54) is 30.0 Å². The number of nitrogens with one attached hydrogen (secondary N) is 3. The van der Waals surface area contributed by atoms with Crippen molar-refractivity contribution < 1.29 is 9.72 Å². The Morgan fingerprint density at radius 1 is 0.868 bits per heavy atom. The van der Waals surface area contributed by atoms with Crippen LogP contribution in [0.25, 0.3) is 0 Å². The zero-order valence-corrected chi connectivity index (χ0v) is 22.0. The van der Waals surface area contributed by atoms with Gasteiger partial charge in [-0.15, -0.1) is 0 Å². The average Bonchev–Trinajstić information content (AvgIpc) is 2.90. The molecule has 0 radical (unpaired) electrons. The topological polar surface area (TPSA) is 135 Å². The predicted molar refractivity (Wildman–Crippen MR) is 150 cm³/mol. The summed E-state index contributed by atoms with van der Waals surface area (Å²) in [5.41, 5.74) is 4.14. The predicted octanol–water partition coefficient (Wildman–Crippen LogP) is 6.39. The number of aromatic nitrogens is 3. The van der Waals surface area contributed by atoms with Crippen LogP contribution in [0.1, 0.15) is 24.5 Å². The molecule has 194 valence electrons. The molecular weight excluding hydrogens is 502 g/mol. The minimum Gasteiger partial charge on any atom is -0.325 e. The summed E-state index contributed by atoms with van der Waals surface area (Å²) in [4.78, 5) is 37.2. The maximum atomic E-state index is 13.0. The Labute approximate surface area is 224 Å². The van der Waals surface area contributed by atoms with E-state index in [4.69, 9.17) is 0 Å². The van der Waals surface area contributed by atoms with Gasteiger partial charge in [0.25, 0.3) is 5.69 Å². The lowest BCUT2D eigenvalue weighted by Crippen LogP contribution is -2.25. The minimum absolute atomic E-state index is 0.0976. The largest absolute Gasteiger partial charge is 0.325 e. The first-order valence-electron chi connectivity index (χ1n) is 11.9. The van der Waals surface area contributed by atoms with E-state index in [1.54, 1.807) is 6.07 Å². The van der Waals surface area contributed by atoms with Crippen LogP contribution in [-0.4, -0.2) is 31.0 Å². The smallest absolute Gasteiger partial charge is 0.271 e. The molecule has 1 amide bonds. The molecule has 3 N–H and O–H groups in total. The first-order valence-corrected chi connectivity index (χ1v) is 12.8. The van der Waals surface area contributed by atoms with Crippen LogP contribution < -0.4 is 16.0 Å². The molecule has 1 heterocycles. The van der Waals surface area contributed by atoms with Crippen molar-refractivity contribution in [1.82, 2.24) is 15.0 Å². The van der Waals surface area contributed by atoms with Gasteiger partial charge in [0.1, 0.15) is 0 Å². The van der Waals surface area contributed by atoms with Gasteiger partial charge in [0.2, 0.25) is 17.8 Å². The highest BCUT2D eigenvalue weighted by Gasteiger charge is 2.21. The van der Waals surface area contributed by atoms with Crippen molar-refractivity contribution in [1.29, 1.82) is 0 Å². The second-order valence-corrected chi connectivity index (χ2v) is 9.73. The number of anilines is 5. The Bertz CT molecular complexity index is 1360. The third-order valence-electron chi connectivity index (χ3n) is 5.47. The summed E-state index contributed by atoms with van der Waals surface area (Å²) in [5.74, 6) is 0.351. The van der Waals surface area contributed by atoms with Gasteiger partial charge in [-0.2, -0.15) is 15.0 Å². The van der Waals surface area contributed by atoms with Crippen molar-refractivity contribution in [2.24, 2.45) is 0 Å². The SMILES string of the molecule is CCC(Sc1nc(Nc2ccc(C)cc2)nc(Nc2ccc(C)cc2)n1)C(=O)Nc1cccc([N+](=O)[O-])c1. The van der Waals surface area contributed by atoms with E-state index in [9.17, 15) is 14.9 Å². The van der Waals surface area contributed by atoms with E-state index in [-0.39, 0.29) is 11.6 Å². The molecule has 11 heteroatoms. The standard InChI is InChI=1S/C27H27N7O3S/c1-4-23(24(35)28-21-6-5-7-22(16-21)34(36)37)38-27-32-25(29-19-12-8-17(2)9-13-19)31-26(33-27)30-20-14-10-18(3)11-15-20/h5-16,23H,4H2,1-3H3,(H,28,35)(H2,29,30,31,32,33). The average molecular weight is 530 g/mol. The van der Waals surface area contributed by atoms with Crippen LogP contribution in [-0.2, 0) is 4.79 Å². The number of benzene rings is 3. The van der Waals surface area contributed by atoms with E-state index in [2.05, 4.69) is 30.9 Å². The molecule has 0 aliphatic heterocycles. The van der Waals surface area contributed by atoms with Gasteiger partial charge >= 0.3 is 0 Å². The molecule has 1 atom stereocenters. The first-order chi connectivity index (χ1) is 18.3. The van der Waals surface area contributed by atoms with E-state index >= 15 is 0 Å². The van der Waals surface area contributed by atoms with Gasteiger partial charge in [-0.05, 0) is 50.6 Å². The fourth-order valence-corrected chi connectivity index (χ4v) is 4.29. The zero-order valence-electron chi connectivity index (χ0n) is 21.1. The molecule has 0 saturated carbocycles. The lowest BCUT2D eigenvalue weighted by atomic mass is 10.2. The van der Waals surface area contributed by atoms with Gasteiger partial charge in [-0.25, -0.2) is 0 Å². The van der Waals surface area contributed by atoms with Crippen molar-refractivity contribution >= 4 is 52.3 Å². The summed E-state index contributed by atoms with van der Waals surface area (Å²) in [6.07, 6.45) is 0.485. The summed E-state index contributed by atoms with van der Waals surface area (Å²) >= 11 is 1.19. The van der Waals surface area contributed by atoms with Gasteiger partial charge < -0.3 is 16.0 Å². The molecule has 0 spiro atoms. The number of nitro groups is 1. The molecule has 3 aromatic carbocycles. The molecule has 0 aliphatic rings. The van der Waals surface area contributed by atoms with Gasteiger partial charge in [-0.3, -0.25) is 14.9 Å². The molecule has 0 saturated heterocycles.